The van der Waals surface area contributed by atoms with Gasteiger partial charge in [0.1, 0.15) is 11.6 Å². The average Bonchev–Trinajstić information content (AvgIpc) is 3.52. The monoisotopic (exact) mass is 806 g/mol. The van der Waals surface area contributed by atoms with E-state index in [9.17, 15) is 19.2 Å². The first kappa shape index (κ1) is 41.1. The molecule has 2 unspecified atom stereocenters. The molecule has 0 aromatic heterocycles. The lowest BCUT2D eigenvalue weighted by molar-refractivity contribution is -0.195. The smallest absolute Gasteiger partial charge is 0.417 e. The van der Waals surface area contributed by atoms with Gasteiger partial charge in [0.05, 0.1) is 69.2 Å². The summed E-state index contributed by atoms with van der Waals surface area (Å²) in [4.78, 5) is 59.4. The fourth-order valence-electron chi connectivity index (χ4n) is 7.89. The molecular weight excluding hydrogens is 752 g/mol. The number of unbranched alkanes of at least 4 members (excludes halogenated alkanes) is 2. The van der Waals surface area contributed by atoms with Gasteiger partial charge in [-0.25, -0.2) is 9.69 Å². The maximum Gasteiger partial charge on any atom is 0.417 e. The summed E-state index contributed by atoms with van der Waals surface area (Å²) in [5.41, 5.74) is 1.26. The number of morpholine rings is 1. The van der Waals surface area contributed by atoms with Crippen LogP contribution >= 0.6 is 0 Å². The van der Waals surface area contributed by atoms with E-state index in [1.807, 2.05) is 0 Å². The van der Waals surface area contributed by atoms with E-state index in [1.165, 1.54) is 24.0 Å². The Balaban J connectivity index is 1.04. The number of hydrogen-bond acceptors (Lipinski definition) is 12. The normalized spacial score (nSPS) is 23.2. The molecule has 16 heteroatoms. The second kappa shape index (κ2) is 17.4. The Morgan fingerprint density at radius 3 is 2.24 bits per heavy atom. The summed E-state index contributed by atoms with van der Waals surface area (Å²) >= 11 is 0. The van der Waals surface area contributed by atoms with Crippen LogP contribution in [0.4, 0.5) is 16.2 Å². The minimum Gasteiger partial charge on any atom is -0.493 e. The van der Waals surface area contributed by atoms with E-state index in [0.717, 1.165) is 24.8 Å². The minimum absolute atomic E-state index is 0.140. The van der Waals surface area contributed by atoms with Crippen molar-refractivity contribution < 1.29 is 57.1 Å². The Hall–Kier alpha value is -5.06. The first-order valence-electron chi connectivity index (χ1n) is 20.0. The van der Waals surface area contributed by atoms with E-state index in [-0.39, 0.29) is 29.9 Å². The van der Waals surface area contributed by atoms with Crippen molar-refractivity contribution in [1.82, 2.24) is 9.80 Å². The zero-order valence-electron chi connectivity index (χ0n) is 34.0. The molecule has 0 bridgehead atoms. The largest absolute Gasteiger partial charge is 0.493 e. The molecule has 0 radical (unpaired) electrons. The summed E-state index contributed by atoms with van der Waals surface area (Å²) in [6.45, 7) is 11.9. The molecule has 314 valence electrons. The van der Waals surface area contributed by atoms with Crippen LogP contribution in [0.2, 0.25) is 0 Å². The highest BCUT2D eigenvalue weighted by atomic mass is 16.7. The molecule has 3 saturated heterocycles. The average molecular weight is 807 g/mol. The summed E-state index contributed by atoms with van der Waals surface area (Å²) in [6, 6.07) is 5.27. The highest BCUT2D eigenvalue weighted by Gasteiger charge is 2.49. The number of nitrogens with one attached hydrogen (secondary N) is 1. The van der Waals surface area contributed by atoms with Crippen LogP contribution in [0.5, 0.6) is 23.0 Å². The van der Waals surface area contributed by atoms with Crippen LogP contribution in [0, 0.1) is 0 Å². The molecule has 16 nitrogen and oxygen atoms in total. The summed E-state index contributed by atoms with van der Waals surface area (Å²) in [5.74, 6) is 0.624. The van der Waals surface area contributed by atoms with Crippen molar-refractivity contribution >= 4 is 35.2 Å². The number of hydrogen-bond donors (Lipinski definition) is 1. The van der Waals surface area contributed by atoms with Gasteiger partial charge in [0.2, 0.25) is 5.91 Å². The van der Waals surface area contributed by atoms with Gasteiger partial charge < -0.3 is 53.0 Å². The van der Waals surface area contributed by atoms with Crippen molar-refractivity contribution in [3.05, 3.63) is 47.5 Å². The molecule has 5 aliphatic rings. The van der Waals surface area contributed by atoms with Crippen molar-refractivity contribution in [2.75, 3.05) is 70.6 Å². The summed E-state index contributed by atoms with van der Waals surface area (Å²) < 4.78 is 47.6. The van der Waals surface area contributed by atoms with Crippen molar-refractivity contribution in [3.8, 4) is 23.0 Å². The van der Waals surface area contributed by atoms with Gasteiger partial charge in [-0.05, 0) is 77.8 Å². The van der Waals surface area contributed by atoms with E-state index >= 15 is 0 Å². The number of rotatable bonds is 12. The van der Waals surface area contributed by atoms with Gasteiger partial charge in [0.25, 0.3) is 11.8 Å². The minimum atomic E-state index is -0.921. The summed E-state index contributed by atoms with van der Waals surface area (Å²) in [5, 5.41) is 2.85. The topological polar surface area (TPSA) is 164 Å². The van der Waals surface area contributed by atoms with E-state index < -0.39 is 36.3 Å². The van der Waals surface area contributed by atoms with E-state index in [4.69, 9.17) is 37.9 Å². The van der Waals surface area contributed by atoms with Gasteiger partial charge in [0, 0.05) is 31.8 Å². The molecule has 4 atom stereocenters. The Morgan fingerprint density at radius 1 is 0.879 bits per heavy atom. The molecule has 0 spiro atoms. The van der Waals surface area contributed by atoms with E-state index in [0.29, 0.717) is 105 Å². The second-order valence-electron chi connectivity index (χ2n) is 16.0. The maximum absolute atomic E-state index is 14.3. The Bertz CT molecular complexity index is 1910. The van der Waals surface area contributed by atoms with Crippen LogP contribution in [0.25, 0.3) is 0 Å². The SMILES string of the molecule is C=C1C[C@H]2C(OC3CCCCO3)N(C(=O)OC(C)(C)C)c3cc(OCCCCCOc4cc5c(cc4OC)C(=O)N4CCOC[C@H]4C(=O)N5)c(OC)cc3C(=O)N2C1. The molecule has 0 saturated carbocycles. The molecule has 2 aromatic carbocycles. The number of carbonyl (C=O) groups is 4. The first-order chi connectivity index (χ1) is 27.9. The lowest BCUT2D eigenvalue weighted by atomic mass is 10.1. The van der Waals surface area contributed by atoms with E-state index in [1.54, 1.807) is 49.9 Å². The highest BCUT2D eigenvalue weighted by molar-refractivity contribution is 6.10. The molecule has 5 aliphatic heterocycles. The third-order valence-corrected chi connectivity index (χ3v) is 10.7. The lowest BCUT2D eigenvalue weighted by Crippen LogP contribution is -2.54. The molecule has 5 heterocycles. The fourth-order valence-corrected chi connectivity index (χ4v) is 7.89. The van der Waals surface area contributed by atoms with Crippen LogP contribution in [0.1, 0.15) is 86.4 Å². The van der Waals surface area contributed by atoms with Gasteiger partial charge in [0.15, 0.2) is 35.5 Å². The van der Waals surface area contributed by atoms with Crippen LogP contribution in [-0.2, 0) is 23.7 Å². The predicted octanol–water partition coefficient (Wildman–Crippen LogP) is 5.52. The molecular formula is C42H54N4O12. The van der Waals surface area contributed by atoms with Gasteiger partial charge in [-0.3, -0.25) is 14.4 Å². The zero-order chi connectivity index (χ0) is 41.1. The summed E-state index contributed by atoms with van der Waals surface area (Å²) in [7, 11) is 3.00. The van der Waals surface area contributed by atoms with Crippen LogP contribution < -0.4 is 29.2 Å². The lowest BCUT2D eigenvalue weighted by Gasteiger charge is -2.39. The maximum atomic E-state index is 14.3. The molecule has 0 aliphatic carbocycles. The number of methoxy groups -OCH3 is 2. The van der Waals surface area contributed by atoms with Crippen molar-refractivity contribution in [2.24, 2.45) is 0 Å². The number of fused-ring (bicyclic) bond motifs is 4. The standard InChI is InChI=1S/C42H54N4O12/c1-25-18-30-40(57-36-12-8-11-16-56-36)46(41(50)58-42(2,3)4)29-22-35(33(52-6)20-27(29)39(49)45(30)23-25)55-15-10-7-9-14-54-34-21-28-26(19-32(34)51-5)38(48)44-13-17-53-24-31(44)37(47)43-28/h19-22,30-31,36,40H,1,7-18,23-24H2,2-6H3,(H,43,47)/t30-,31-,36?,40?/m0/s1. The number of nitrogens with zero attached hydrogens (tertiary/aromatic N) is 3. The Kier molecular flexibility index (Phi) is 12.4. The van der Waals surface area contributed by atoms with Crippen LogP contribution in [0.15, 0.2) is 36.4 Å². The molecule has 7 rings (SSSR count). The number of carbonyl (C=O) groups excluding carboxylic acids is 4. The predicted molar refractivity (Wildman–Crippen MR) is 211 cm³/mol. The van der Waals surface area contributed by atoms with Crippen molar-refractivity contribution in [1.29, 1.82) is 0 Å². The fraction of sp³-hybridized carbons (Fsp3) is 0.571. The van der Waals surface area contributed by atoms with Gasteiger partial charge in [-0.15, -0.1) is 0 Å². The summed E-state index contributed by atoms with van der Waals surface area (Å²) in [6.07, 6.45) is 2.84. The van der Waals surface area contributed by atoms with Crippen LogP contribution in [0.3, 0.4) is 0 Å². The third-order valence-electron chi connectivity index (χ3n) is 10.7. The third kappa shape index (κ3) is 8.69. The number of ether oxygens (including phenoxy) is 8. The Labute approximate surface area is 338 Å². The Morgan fingerprint density at radius 2 is 1.57 bits per heavy atom. The number of benzene rings is 2. The van der Waals surface area contributed by atoms with Crippen molar-refractivity contribution in [2.45, 2.75) is 95.9 Å². The molecule has 4 amide bonds. The van der Waals surface area contributed by atoms with Crippen LogP contribution in [-0.4, -0.2) is 124 Å². The highest BCUT2D eigenvalue weighted by Crippen LogP contribution is 2.44. The molecule has 3 fully saturated rings. The zero-order valence-corrected chi connectivity index (χ0v) is 34.0. The molecule has 1 N–H and O–H groups in total. The number of amides is 4. The van der Waals surface area contributed by atoms with Gasteiger partial charge in [-0.1, -0.05) is 12.2 Å². The second-order valence-corrected chi connectivity index (χ2v) is 16.0. The van der Waals surface area contributed by atoms with Gasteiger partial charge in [-0.2, -0.15) is 0 Å². The van der Waals surface area contributed by atoms with Gasteiger partial charge >= 0.3 is 6.09 Å². The molecule has 58 heavy (non-hydrogen) atoms. The quantitative estimate of drug-likeness (QED) is 0.211. The van der Waals surface area contributed by atoms with Crippen molar-refractivity contribution in [3.63, 3.8) is 0 Å². The molecule has 2 aromatic rings. The first-order valence-corrected chi connectivity index (χ1v) is 20.0. The van der Waals surface area contributed by atoms with E-state index in [2.05, 4.69) is 11.9 Å². The number of anilines is 2.